The quantitative estimate of drug-likeness (QED) is 0.591. The highest BCUT2D eigenvalue weighted by Gasteiger charge is 2.42. The van der Waals surface area contributed by atoms with E-state index in [1.54, 1.807) is 12.1 Å². The number of rotatable bonds is 1. The van der Waals surface area contributed by atoms with E-state index in [1.807, 2.05) is 0 Å². The first kappa shape index (κ1) is 12.6. The minimum Gasteiger partial charge on any atom is -0.293 e. The van der Waals surface area contributed by atoms with Crippen LogP contribution in [-0.4, -0.2) is 11.6 Å². The summed E-state index contributed by atoms with van der Waals surface area (Å²) in [6.45, 7) is 0. The van der Waals surface area contributed by atoms with Gasteiger partial charge < -0.3 is 0 Å². The van der Waals surface area contributed by atoms with E-state index in [9.17, 15) is 22.8 Å². The summed E-state index contributed by atoms with van der Waals surface area (Å²) >= 11 is 0. The van der Waals surface area contributed by atoms with Crippen molar-refractivity contribution in [2.24, 2.45) is 0 Å². The van der Waals surface area contributed by atoms with E-state index in [1.165, 1.54) is 12.1 Å². The highest BCUT2D eigenvalue weighted by molar-refractivity contribution is 6.29. The SMILES string of the molecule is O=C1c2ccccc2C(=O)C1c1c(F)ccc(F)c1F. The van der Waals surface area contributed by atoms with Crippen LogP contribution in [0.15, 0.2) is 36.4 Å². The maximum Gasteiger partial charge on any atom is 0.179 e. The second kappa shape index (κ2) is 4.30. The number of hydrogen-bond acceptors (Lipinski definition) is 2. The van der Waals surface area contributed by atoms with E-state index < -0.39 is 40.5 Å². The van der Waals surface area contributed by atoms with Crippen LogP contribution in [-0.2, 0) is 0 Å². The summed E-state index contributed by atoms with van der Waals surface area (Å²) in [5.74, 6) is -6.98. The van der Waals surface area contributed by atoms with Crippen molar-refractivity contribution < 1.29 is 22.8 Å². The fourth-order valence-corrected chi connectivity index (χ4v) is 2.41. The zero-order valence-electron chi connectivity index (χ0n) is 9.99. The van der Waals surface area contributed by atoms with Crippen molar-refractivity contribution in [3.8, 4) is 0 Å². The van der Waals surface area contributed by atoms with Crippen molar-refractivity contribution in [2.75, 3.05) is 0 Å². The van der Waals surface area contributed by atoms with Gasteiger partial charge in [0, 0.05) is 16.7 Å². The predicted molar refractivity (Wildman–Crippen MR) is 64.2 cm³/mol. The van der Waals surface area contributed by atoms with Crippen LogP contribution in [0, 0.1) is 17.5 Å². The van der Waals surface area contributed by atoms with E-state index in [-0.39, 0.29) is 11.1 Å². The summed E-state index contributed by atoms with van der Waals surface area (Å²) in [6.07, 6.45) is 0. The maximum atomic E-state index is 13.8. The van der Waals surface area contributed by atoms with Gasteiger partial charge in [0.1, 0.15) is 11.7 Å². The van der Waals surface area contributed by atoms with E-state index in [4.69, 9.17) is 0 Å². The van der Waals surface area contributed by atoms with Crippen LogP contribution in [0.1, 0.15) is 32.2 Å². The number of Topliss-reactive ketones (excluding diaryl/α,β-unsaturated/α-hetero) is 2. The third-order valence-electron chi connectivity index (χ3n) is 3.35. The monoisotopic (exact) mass is 276 g/mol. The van der Waals surface area contributed by atoms with Gasteiger partial charge in [0.05, 0.1) is 0 Å². The topological polar surface area (TPSA) is 34.1 Å². The van der Waals surface area contributed by atoms with Gasteiger partial charge in [-0.1, -0.05) is 24.3 Å². The lowest BCUT2D eigenvalue weighted by Crippen LogP contribution is -2.17. The van der Waals surface area contributed by atoms with Crippen LogP contribution in [0.25, 0.3) is 0 Å². The molecule has 0 saturated heterocycles. The second-order valence-corrected chi connectivity index (χ2v) is 4.46. The number of carbonyl (C=O) groups is 2. The van der Waals surface area contributed by atoms with Crippen molar-refractivity contribution in [3.63, 3.8) is 0 Å². The molecule has 2 aromatic carbocycles. The summed E-state index contributed by atoms with van der Waals surface area (Å²) in [4.78, 5) is 24.3. The Morgan fingerprint density at radius 3 is 1.80 bits per heavy atom. The Morgan fingerprint density at radius 1 is 0.750 bits per heavy atom. The van der Waals surface area contributed by atoms with Crippen LogP contribution in [0.3, 0.4) is 0 Å². The molecule has 5 heteroatoms. The summed E-state index contributed by atoms with van der Waals surface area (Å²) in [7, 11) is 0. The Morgan fingerprint density at radius 2 is 1.25 bits per heavy atom. The molecule has 1 aliphatic carbocycles. The molecule has 3 rings (SSSR count). The predicted octanol–water partition coefficient (Wildman–Crippen LogP) is 3.27. The van der Waals surface area contributed by atoms with E-state index >= 15 is 0 Å². The third kappa shape index (κ3) is 1.59. The van der Waals surface area contributed by atoms with Gasteiger partial charge in [-0.2, -0.15) is 0 Å². The molecule has 0 atom stereocenters. The first-order chi connectivity index (χ1) is 9.52. The Labute approximate surface area is 111 Å². The molecule has 0 bridgehead atoms. The average molecular weight is 276 g/mol. The molecule has 20 heavy (non-hydrogen) atoms. The molecule has 100 valence electrons. The highest BCUT2D eigenvalue weighted by atomic mass is 19.2. The fourth-order valence-electron chi connectivity index (χ4n) is 2.41. The number of carbonyl (C=O) groups excluding carboxylic acids is 2. The molecule has 2 nitrogen and oxygen atoms in total. The fraction of sp³-hybridized carbons (Fsp3) is 0.0667. The molecule has 0 spiro atoms. The summed E-state index contributed by atoms with van der Waals surface area (Å²) in [6, 6.07) is 7.23. The average Bonchev–Trinajstić information content (AvgIpc) is 2.69. The summed E-state index contributed by atoms with van der Waals surface area (Å²) < 4.78 is 40.7. The Balaban J connectivity index is 2.22. The third-order valence-corrected chi connectivity index (χ3v) is 3.35. The zero-order valence-corrected chi connectivity index (χ0v) is 9.99. The largest absolute Gasteiger partial charge is 0.293 e. The molecule has 0 saturated carbocycles. The minimum absolute atomic E-state index is 0.102. The standard InChI is InChI=1S/C15H7F3O2/c16-9-5-6-10(17)13(18)11(9)12-14(19)7-3-1-2-4-8(7)15(12)20/h1-6,12H. The lowest BCUT2D eigenvalue weighted by Gasteiger charge is -2.10. The molecule has 1 aliphatic rings. The number of ketones is 2. The molecule has 0 amide bonds. The van der Waals surface area contributed by atoms with E-state index in [2.05, 4.69) is 0 Å². The first-order valence-electron chi connectivity index (χ1n) is 5.83. The van der Waals surface area contributed by atoms with Crippen molar-refractivity contribution in [1.82, 2.24) is 0 Å². The molecule has 0 radical (unpaired) electrons. The van der Waals surface area contributed by atoms with Crippen LogP contribution in [0.2, 0.25) is 0 Å². The Bertz CT molecular complexity index is 718. The number of fused-ring (bicyclic) bond motifs is 1. The smallest absolute Gasteiger partial charge is 0.179 e. The first-order valence-corrected chi connectivity index (χ1v) is 5.83. The molecule has 0 aromatic heterocycles. The molecule has 0 aliphatic heterocycles. The molecule has 0 fully saturated rings. The van der Waals surface area contributed by atoms with Crippen molar-refractivity contribution in [2.45, 2.75) is 5.92 Å². The van der Waals surface area contributed by atoms with E-state index in [0.717, 1.165) is 0 Å². The molecule has 0 unspecified atom stereocenters. The summed E-state index contributed by atoms with van der Waals surface area (Å²) in [5, 5.41) is 0. The van der Waals surface area contributed by atoms with Crippen LogP contribution < -0.4 is 0 Å². The lowest BCUT2D eigenvalue weighted by molar-refractivity contribution is 0.0885. The molecule has 2 aromatic rings. The highest BCUT2D eigenvalue weighted by Crippen LogP contribution is 2.36. The Kier molecular flexibility index (Phi) is 2.71. The van der Waals surface area contributed by atoms with E-state index in [0.29, 0.717) is 12.1 Å². The Hall–Kier alpha value is -2.43. The molecule has 0 N–H and O–H groups in total. The zero-order chi connectivity index (χ0) is 14.4. The number of hydrogen-bond donors (Lipinski definition) is 0. The van der Waals surface area contributed by atoms with Crippen LogP contribution in [0.4, 0.5) is 13.2 Å². The molecular weight excluding hydrogens is 269 g/mol. The van der Waals surface area contributed by atoms with Gasteiger partial charge in [0.25, 0.3) is 0 Å². The van der Waals surface area contributed by atoms with Gasteiger partial charge in [-0.3, -0.25) is 9.59 Å². The molecular formula is C15H7F3O2. The minimum atomic E-state index is -1.65. The lowest BCUT2D eigenvalue weighted by atomic mass is 9.93. The maximum absolute atomic E-state index is 13.8. The van der Waals surface area contributed by atoms with Gasteiger partial charge in [0.15, 0.2) is 23.2 Å². The summed E-state index contributed by atoms with van der Waals surface area (Å²) in [5.41, 5.74) is -0.618. The second-order valence-electron chi connectivity index (χ2n) is 4.46. The molecule has 0 heterocycles. The normalized spacial score (nSPS) is 14.8. The van der Waals surface area contributed by atoms with Gasteiger partial charge in [-0.15, -0.1) is 0 Å². The van der Waals surface area contributed by atoms with Crippen molar-refractivity contribution in [3.05, 3.63) is 70.5 Å². The van der Waals surface area contributed by atoms with Gasteiger partial charge in [-0.25, -0.2) is 13.2 Å². The van der Waals surface area contributed by atoms with Crippen LogP contribution in [0.5, 0.6) is 0 Å². The van der Waals surface area contributed by atoms with Crippen LogP contribution >= 0.6 is 0 Å². The van der Waals surface area contributed by atoms with Gasteiger partial charge in [-0.05, 0) is 12.1 Å². The van der Waals surface area contributed by atoms with Gasteiger partial charge in [0.2, 0.25) is 0 Å². The van der Waals surface area contributed by atoms with Gasteiger partial charge >= 0.3 is 0 Å². The number of benzene rings is 2. The number of halogens is 3. The van der Waals surface area contributed by atoms with Crippen molar-refractivity contribution >= 4 is 11.6 Å². The van der Waals surface area contributed by atoms with Crippen molar-refractivity contribution in [1.29, 1.82) is 0 Å².